The van der Waals surface area contributed by atoms with E-state index in [0.29, 0.717) is 25.2 Å². The third-order valence-corrected chi connectivity index (χ3v) is 3.74. The monoisotopic (exact) mass is 352 g/mol. The van der Waals surface area contributed by atoms with Crippen molar-refractivity contribution in [1.82, 2.24) is 0 Å². The first kappa shape index (κ1) is 19.9. The van der Waals surface area contributed by atoms with Gasteiger partial charge in [-0.15, -0.1) is 0 Å². The first-order valence-corrected chi connectivity index (χ1v) is 8.57. The molecule has 0 heterocycles. The molecule has 4 heteroatoms. The van der Waals surface area contributed by atoms with E-state index in [1.54, 1.807) is 7.11 Å². The zero-order valence-corrected chi connectivity index (χ0v) is 15.0. The molecule has 2 rings (SSSR count). The van der Waals surface area contributed by atoms with Crippen molar-refractivity contribution in [1.29, 1.82) is 0 Å². The van der Waals surface area contributed by atoms with Gasteiger partial charge in [-0.05, 0) is 5.56 Å². The standard InChI is InChI=1S/C22H24O4/c1-24-15-16-26-18-25-14-8-13-21(19-9-4-2-5-10-19)17-22(23)20-11-6-3-7-12-20/h2-7,9-12,21H,14-18H2,1H3. The molecule has 2 aromatic carbocycles. The number of ether oxygens (including phenoxy) is 3. The van der Waals surface area contributed by atoms with Crippen LogP contribution in [0.4, 0.5) is 0 Å². The minimum Gasteiger partial charge on any atom is -0.382 e. The van der Waals surface area contributed by atoms with Gasteiger partial charge in [0, 0.05) is 19.1 Å². The number of hydrogen-bond acceptors (Lipinski definition) is 4. The summed E-state index contributed by atoms with van der Waals surface area (Å²) in [5.41, 5.74) is 1.73. The average molecular weight is 352 g/mol. The highest BCUT2D eigenvalue weighted by Gasteiger charge is 2.15. The normalized spacial score (nSPS) is 11.4. The molecule has 0 aliphatic rings. The van der Waals surface area contributed by atoms with E-state index in [4.69, 9.17) is 14.2 Å². The van der Waals surface area contributed by atoms with Gasteiger partial charge in [0.15, 0.2) is 5.78 Å². The van der Waals surface area contributed by atoms with Crippen LogP contribution in [0.3, 0.4) is 0 Å². The largest absolute Gasteiger partial charge is 0.382 e. The Morgan fingerprint density at radius 2 is 1.65 bits per heavy atom. The van der Waals surface area contributed by atoms with Crippen molar-refractivity contribution < 1.29 is 19.0 Å². The van der Waals surface area contributed by atoms with Crippen molar-refractivity contribution in [3.05, 3.63) is 71.8 Å². The van der Waals surface area contributed by atoms with Gasteiger partial charge < -0.3 is 14.2 Å². The number of Topliss-reactive ketones (excluding diaryl/α,β-unsaturated/α-hetero) is 1. The molecular formula is C22H24O4. The van der Waals surface area contributed by atoms with E-state index in [1.165, 1.54) is 0 Å². The second kappa shape index (κ2) is 12.0. The number of hydrogen-bond donors (Lipinski definition) is 0. The SMILES string of the molecule is COCCOCOCC#CC(CC(=O)c1ccccc1)c1ccccc1. The average Bonchev–Trinajstić information content (AvgIpc) is 2.70. The molecule has 0 aliphatic heterocycles. The molecule has 0 radical (unpaired) electrons. The highest BCUT2D eigenvalue weighted by Crippen LogP contribution is 2.21. The van der Waals surface area contributed by atoms with Gasteiger partial charge in [-0.25, -0.2) is 0 Å². The van der Waals surface area contributed by atoms with Gasteiger partial charge in [0.05, 0.1) is 19.1 Å². The number of methoxy groups -OCH3 is 1. The number of carbonyl (C=O) groups excluding carboxylic acids is 1. The van der Waals surface area contributed by atoms with Gasteiger partial charge in [0.2, 0.25) is 0 Å². The van der Waals surface area contributed by atoms with Gasteiger partial charge in [-0.3, -0.25) is 4.79 Å². The van der Waals surface area contributed by atoms with Crippen molar-refractivity contribution >= 4 is 5.78 Å². The molecule has 0 amide bonds. The van der Waals surface area contributed by atoms with Crippen LogP contribution >= 0.6 is 0 Å². The van der Waals surface area contributed by atoms with Gasteiger partial charge in [0.25, 0.3) is 0 Å². The molecule has 0 bridgehead atoms. The molecule has 0 N–H and O–H groups in total. The summed E-state index contributed by atoms with van der Waals surface area (Å²) in [6.45, 7) is 1.46. The van der Waals surface area contributed by atoms with Gasteiger partial charge in [-0.1, -0.05) is 72.5 Å². The van der Waals surface area contributed by atoms with E-state index >= 15 is 0 Å². The van der Waals surface area contributed by atoms with Crippen molar-refractivity contribution in [2.24, 2.45) is 0 Å². The maximum Gasteiger partial charge on any atom is 0.164 e. The van der Waals surface area contributed by atoms with Crippen LogP contribution in [0.2, 0.25) is 0 Å². The molecule has 0 saturated carbocycles. The van der Waals surface area contributed by atoms with Gasteiger partial charge >= 0.3 is 0 Å². The molecule has 2 aromatic rings. The summed E-state index contributed by atoms with van der Waals surface area (Å²) >= 11 is 0. The summed E-state index contributed by atoms with van der Waals surface area (Å²) in [6.07, 6.45) is 0.339. The fourth-order valence-corrected chi connectivity index (χ4v) is 2.38. The van der Waals surface area contributed by atoms with E-state index < -0.39 is 0 Å². The van der Waals surface area contributed by atoms with Crippen molar-refractivity contribution in [2.75, 3.05) is 33.7 Å². The van der Waals surface area contributed by atoms with Crippen LogP contribution in [0.15, 0.2) is 60.7 Å². The van der Waals surface area contributed by atoms with Crippen LogP contribution in [0, 0.1) is 11.8 Å². The van der Waals surface area contributed by atoms with E-state index in [-0.39, 0.29) is 25.1 Å². The number of carbonyl (C=O) groups is 1. The van der Waals surface area contributed by atoms with Crippen LogP contribution < -0.4 is 0 Å². The molecule has 1 atom stereocenters. The lowest BCUT2D eigenvalue weighted by Crippen LogP contribution is -2.07. The Balaban J connectivity index is 1.93. The predicted octanol–water partition coefficient (Wildman–Crippen LogP) is 3.68. The molecule has 0 saturated heterocycles. The summed E-state index contributed by atoms with van der Waals surface area (Å²) in [7, 11) is 1.62. The highest BCUT2D eigenvalue weighted by atomic mass is 16.7. The van der Waals surface area contributed by atoms with E-state index in [1.807, 2.05) is 60.7 Å². The molecule has 26 heavy (non-hydrogen) atoms. The predicted molar refractivity (Wildman–Crippen MR) is 101 cm³/mol. The summed E-state index contributed by atoms with van der Waals surface area (Å²) in [6, 6.07) is 19.1. The lowest BCUT2D eigenvalue weighted by atomic mass is 9.92. The quantitative estimate of drug-likeness (QED) is 0.283. The zero-order valence-electron chi connectivity index (χ0n) is 15.0. The fraction of sp³-hybridized carbons (Fsp3) is 0.318. The summed E-state index contributed by atoms with van der Waals surface area (Å²) in [5, 5.41) is 0. The molecule has 0 fully saturated rings. The van der Waals surface area contributed by atoms with Crippen LogP contribution in [0.1, 0.15) is 28.3 Å². The Kier molecular flexibility index (Phi) is 9.17. The Hall–Kier alpha value is -2.45. The zero-order chi connectivity index (χ0) is 18.5. The number of benzene rings is 2. The van der Waals surface area contributed by atoms with E-state index in [2.05, 4.69) is 11.8 Å². The van der Waals surface area contributed by atoms with Crippen LogP contribution in [0.5, 0.6) is 0 Å². The van der Waals surface area contributed by atoms with Crippen LogP contribution in [-0.2, 0) is 14.2 Å². The summed E-state index contributed by atoms with van der Waals surface area (Å²) in [5.74, 6) is 6.07. The molecule has 136 valence electrons. The number of rotatable bonds is 10. The topological polar surface area (TPSA) is 44.8 Å². The molecule has 0 spiro atoms. The third-order valence-electron chi connectivity index (χ3n) is 3.74. The smallest absolute Gasteiger partial charge is 0.164 e. The Morgan fingerprint density at radius 1 is 0.962 bits per heavy atom. The third kappa shape index (κ3) is 7.20. The van der Waals surface area contributed by atoms with Gasteiger partial charge in [-0.2, -0.15) is 0 Å². The van der Waals surface area contributed by atoms with Crippen LogP contribution in [-0.4, -0.2) is 39.5 Å². The second-order valence-electron chi connectivity index (χ2n) is 5.65. The van der Waals surface area contributed by atoms with Crippen molar-refractivity contribution in [3.8, 4) is 11.8 Å². The minimum absolute atomic E-state index is 0.0811. The maximum atomic E-state index is 12.5. The van der Waals surface area contributed by atoms with Gasteiger partial charge in [0.1, 0.15) is 13.4 Å². The molecular weight excluding hydrogens is 328 g/mol. The Labute approximate surface area is 155 Å². The number of ketones is 1. The second-order valence-corrected chi connectivity index (χ2v) is 5.65. The molecule has 0 aliphatic carbocycles. The molecule has 1 unspecified atom stereocenters. The van der Waals surface area contributed by atoms with E-state index in [9.17, 15) is 4.79 Å². The Morgan fingerprint density at radius 3 is 2.35 bits per heavy atom. The first-order valence-electron chi connectivity index (χ1n) is 8.57. The molecule has 0 aromatic heterocycles. The van der Waals surface area contributed by atoms with Crippen LogP contribution in [0.25, 0.3) is 0 Å². The highest BCUT2D eigenvalue weighted by molar-refractivity contribution is 5.96. The lowest BCUT2D eigenvalue weighted by Gasteiger charge is -2.10. The first-order chi connectivity index (χ1) is 12.8. The molecule has 4 nitrogen and oxygen atoms in total. The minimum atomic E-state index is -0.165. The lowest BCUT2D eigenvalue weighted by molar-refractivity contribution is -0.0556. The maximum absolute atomic E-state index is 12.5. The summed E-state index contributed by atoms with van der Waals surface area (Å²) < 4.78 is 15.4. The fourth-order valence-electron chi connectivity index (χ4n) is 2.38. The summed E-state index contributed by atoms with van der Waals surface area (Å²) in [4.78, 5) is 12.5. The van der Waals surface area contributed by atoms with Crippen molar-refractivity contribution in [3.63, 3.8) is 0 Å². The Bertz CT molecular complexity index is 701. The van der Waals surface area contributed by atoms with E-state index in [0.717, 1.165) is 5.56 Å². The van der Waals surface area contributed by atoms with Crippen molar-refractivity contribution in [2.45, 2.75) is 12.3 Å².